The Morgan fingerprint density at radius 3 is 2.45 bits per heavy atom. The van der Waals surface area contributed by atoms with Crippen LogP contribution in [0.2, 0.25) is 0 Å². The molecule has 1 aromatic carbocycles. The van der Waals surface area contributed by atoms with E-state index in [1.54, 1.807) is 0 Å². The van der Waals surface area contributed by atoms with Crippen LogP contribution in [0.5, 0.6) is 0 Å². The highest BCUT2D eigenvalue weighted by Gasteiger charge is 2.27. The number of likely N-dealkylation sites (tertiary alicyclic amines) is 1. The summed E-state index contributed by atoms with van der Waals surface area (Å²) in [5, 5.41) is 0. The molecule has 0 N–H and O–H groups in total. The van der Waals surface area contributed by atoms with Crippen LogP contribution < -0.4 is 0 Å². The van der Waals surface area contributed by atoms with Gasteiger partial charge in [0.2, 0.25) is 0 Å². The number of hydrogen-bond donors (Lipinski definition) is 0. The molecular weight excluding hydrogens is 246 g/mol. The number of nitrogens with zero attached hydrogens (tertiary/aromatic N) is 1. The maximum Gasteiger partial charge on any atom is 0.166 e. The Bertz CT molecular complexity index is 465. The SMILES string of the molecule is Cc1cccc(C(=O)C2CCN(CC(C)(C)C)CC2)c1. The van der Waals surface area contributed by atoms with Crippen molar-refractivity contribution < 1.29 is 4.79 Å². The summed E-state index contributed by atoms with van der Waals surface area (Å²) in [6.07, 6.45) is 2.01. The van der Waals surface area contributed by atoms with Gasteiger partial charge in [0.25, 0.3) is 0 Å². The van der Waals surface area contributed by atoms with Crippen molar-refractivity contribution in [2.24, 2.45) is 11.3 Å². The van der Waals surface area contributed by atoms with Crippen LogP contribution in [0.1, 0.15) is 49.5 Å². The first-order valence-electron chi connectivity index (χ1n) is 7.68. The zero-order chi connectivity index (χ0) is 14.8. The standard InChI is InChI=1S/C18H27NO/c1-14-6-5-7-16(12-14)17(20)15-8-10-19(11-9-15)13-18(2,3)4/h5-7,12,15H,8-11,13H2,1-4H3. The van der Waals surface area contributed by atoms with E-state index < -0.39 is 0 Å². The second kappa shape index (κ2) is 6.09. The molecule has 2 heteroatoms. The molecule has 1 aliphatic heterocycles. The van der Waals surface area contributed by atoms with Gasteiger partial charge in [0.1, 0.15) is 0 Å². The van der Waals surface area contributed by atoms with Crippen LogP contribution in [0.15, 0.2) is 24.3 Å². The molecule has 110 valence electrons. The Hall–Kier alpha value is -1.15. The van der Waals surface area contributed by atoms with E-state index in [9.17, 15) is 4.79 Å². The van der Waals surface area contributed by atoms with Gasteiger partial charge in [-0.05, 0) is 44.3 Å². The first-order chi connectivity index (χ1) is 9.35. The zero-order valence-corrected chi connectivity index (χ0v) is 13.3. The van der Waals surface area contributed by atoms with Crippen molar-refractivity contribution >= 4 is 5.78 Å². The van der Waals surface area contributed by atoms with Crippen LogP contribution in [-0.4, -0.2) is 30.3 Å². The first-order valence-corrected chi connectivity index (χ1v) is 7.68. The van der Waals surface area contributed by atoms with Gasteiger partial charge >= 0.3 is 0 Å². The molecule has 0 aromatic heterocycles. The molecule has 0 aliphatic carbocycles. The molecule has 1 saturated heterocycles. The summed E-state index contributed by atoms with van der Waals surface area (Å²) in [6.45, 7) is 12.1. The van der Waals surface area contributed by atoms with Gasteiger partial charge in [-0.1, -0.05) is 44.5 Å². The van der Waals surface area contributed by atoms with Gasteiger partial charge in [-0.3, -0.25) is 4.79 Å². The molecule has 0 atom stereocenters. The number of benzene rings is 1. The molecule has 1 heterocycles. The maximum atomic E-state index is 12.5. The molecule has 0 saturated carbocycles. The fourth-order valence-corrected chi connectivity index (χ4v) is 3.06. The van der Waals surface area contributed by atoms with Crippen molar-refractivity contribution in [3.63, 3.8) is 0 Å². The molecule has 0 amide bonds. The minimum Gasteiger partial charge on any atom is -0.303 e. The molecule has 0 unspecified atom stereocenters. The number of ketones is 1. The minimum atomic E-state index is 0.216. The monoisotopic (exact) mass is 273 g/mol. The molecule has 0 radical (unpaired) electrons. The fraction of sp³-hybridized carbons (Fsp3) is 0.611. The molecule has 1 fully saturated rings. The Kier molecular flexibility index (Phi) is 4.64. The quantitative estimate of drug-likeness (QED) is 0.778. The maximum absolute atomic E-state index is 12.5. The molecule has 2 rings (SSSR count). The van der Waals surface area contributed by atoms with Gasteiger partial charge in [-0.2, -0.15) is 0 Å². The second-order valence-corrected chi connectivity index (χ2v) is 7.34. The molecule has 20 heavy (non-hydrogen) atoms. The number of carbonyl (C=O) groups is 1. The van der Waals surface area contributed by atoms with E-state index in [1.165, 1.54) is 5.56 Å². The van der Waals surface area contributed by atoms with Crippen molar-refractivity contribution in [3.8, 4) is 0 Å². The third kappa shape index (κ3) is 4.17. The van der Waals surface area contributed by atoms with Gasteiger partial charge in [-0.25, -0.2) is 0 Å². The van der Waals surface area contributed by atoms with Gasteiger partial charge in [0, 0.05) is 18.0 Å². The van der Waals surface area contributed by atoms with E-state index in [0.29, 0.717) is 11.2 Å². The summed E-state index contributed by atoms with van der Waals surface area (Å²) >= 11 is 0. The van der Waals surface area contributed by atoms with Crippen LogP contribution in [0.3, 0.4) is 0 Å². The third-order valence-corrected chi connectivity index (χ3v) is 3.96. The number of carbonyl (C=O) groups excluding carboxylic acids is 1. The number of piperidine rings is 1. The van der Waals surface area contributed by atoms with Crippen LogP contribution >= 0.6 is 0 Å². The number of aryl methyl sites for hydroxylation is 1. The normalized spacial score (nSPS) is 18.2. The van der Waals surface area contributed by atoms with E-state index in [2.05, 4.69) is 25.7 Å². The molecule has 2 nitrogen and oxygen atoms in total. The predicted molar refractivity (Wildman–Crippen MR) is 84.1 cm³/mol. The number of rotatable bonds is 3. The summed E-state index contributed by atoms with van der Waals surface area (Å²) in [4.78, 5) is 15.0. The van der Waals surface area contributed by atoms with Gasteiger partial charge in [0.15, 0.2) is 5.78 Å². The van der Waals surface area contributed by atoms with Gasteiger partial charge in [-0.15, -0.1) is 0 Å². The van der Waals surface area contributed by atoms with E-state index in [4.69, 9.17) is 0 Å². The zero-order valence-electron chi connectivity index (χ0n) is 13.3. The van der Waals surface area contributed by atoms with Gasteiger partial charge in [0.05, 0.1) is 0 Å². The highest BCUT2D eigenvalue weighted by molar-refractivity contribution is 5.98. The highest BCUT2D eigenvalue weighted by atomic mass is 16.1. The highest BCUT2D eigenvalue weighted by Crippen LogP contribution is 2.25. The summed E-state index contributed by atoms with van der Waals surface area (Å²) in [6, 6.07) is 8.00. The largest absolute Gasteiger partial charge is 0.303 e. The number of hydrogen-bond acceptors (Lipinski definition) is 2. The lowest BCUT2D eigenvalue weighted by Gasteiger charge is -2.35. The van der Waals surface area contributed by atoms with Crippen LogP contribution in [0.25, 0.3) is 0 Å². The number of Topliss-reactive ketones (excluding diaryl/α,β-unsaturated/α-hetero) is 1. The van der Waals surface area contributed by atoms with E-state index >= 15 is 0 Å². The molecule has 0 spiro atoms. The van der Waals surface area contributed by atoms with Gasteiger partial charge < -0.3 is 4.90 Å². The summed E-state index contributed by atoms with van der Waals surface area (Å²) in [5.41, 5.74) is 2.40. The first kappa shape index (κ1) is 15.2. The Morgan fingerprint density at radius 2 is 1.90 bits per heavy atom. The van der Waals surface area contributed by atoms with Crippen molar-refractivity contribution in [2.75, 3.05) is 19.6 Å². The van der Waals surface area contributed by atoms with Crippen LogP contribution in [0, 0.1) is 18.3 Å². The summed E-state index contributed by atoms with van der Waals surface area (Å²) < 4.78 is 0. The lowest BCUT2D eigenvalue weighted by atomic mass is 9.87. The molecule has 1 aliphatic rings. The second-order valence-electron chi connectivity index (χ2n) is 7.34. The summed E-state index contributed by atoms with van der Waals surface area (Å²) in [7, 11) is 0. The molecular formula is C18H27NO. The molecule has 1 aromatic rings. The minimum absolute atomic E-state index is 0.216. The average Bonchev–Trinajstić information content (AvgIpc) is 2.37. The van der Waals surface area contributed by atoms with Crippen molar-refractivity contribution in [1.82, 2.24) is 4.90 Å². The van der Waals surface area contributed by atoms with E-state index in [0.717, 1.165) is 38.0 Å². The fourth-order valence-electron chi connectivity index (χ4n) is 3.06. The Balaban J connectivity index is 1.92. The van der Waals surface area contributed by atoms with Crippen LogP contribution in [-0.2, 0) is 0 Å². The topological polar surface area (TPSA) is 20.3 Å². The lowest BCUT2D eigenvalue weighted by molar-refractivity contribution is 0.0806. The van der Waals surface area contributed by atoms with Crippen molar-refractivity contribution in [2.45, 2.75) is 40.5 Å². The van der Waals surface area contributed by atoms with E-state index in [-0.39, 0.29) is 5.92 Å². The van der Waals surface area contributed by atoms with Crippen molar-refractivity contribution in [3.05, 3.63) is 35.4 Å². The lowest BCUT2D eigenvalue weighted by Crippen LogP contribution is -2.40. The third-order valence-electron chi connectivity index (χ3n) is 3.96. The predicted octanol–water partition coefficient (Wildman–Crippen LogP) is 3.94. The average molecular weight is 273 g/mol. The Morgan fingerprint density at radius 1 is 1.25 bits per heavy atom. The molecule has 0 bridgehead atoms. The smallest absolute Gasteiger partial charge is 0.166 e. The van der Waals surface area contributed by atoms with Crippen LogP contribution in [0.4, 0.5) is 0 Å². The van der Waals surface area contributed by atoms with Crippen molar-refractivity contribution in [1.29, 1.82) is 0 Å². The van der Waals surface area contributed by atoms with E-state index in [1.807, 2.05) is 31.2 Å². The Labute approximate surface area is 123 Å². The summed E-state index contributed by atoms with van der Waals surface area (Å²) in [5.74, 6) is 0.553.